The lowest BCUT2D eigenvalue weighted by Gasteiger charge is -2.31. The van der Waals surface area contributed by atoms with Crippen LogP contribution >= 0.6 is 0 Å². The molecule has 2 saturated heterocycles. The molecule has 39 heavy (non-hydrogen) atoms. The van der Waals surface area contributed by atoms with Crippen molar-refractivity contribution in [3.05, 3.63) is 35.9 Å². The van der Waals surface area contributed by atoms with Gasteiger partial charge in [-0.3, -0.25) is 24.3 Å². The second-order valence-corrected chi connectivity index (χ2v) is 10.5. The molecule has 2 fully saturated rings. The molecule has 218 valence electrons. The van der Waals surface area contributed by atoms with Crippen molar-refractivity contribution in [3.8, 4) is 0 Å². The molecule has 0 aliphatic carbocycles. The molecule has 0 spiro atoms. The van der Waals surface area contributed by atoms with E-state index in [1.165, 1.54) is 11.4 Å². The molecular formula is C27H46N8O4. The van der Waals surface area contributed by atoms with Crippen LogP contribution in [0.15, 0.2) is 24.5 Å². The maximum absolute atomic E-state index is 6.21. The smallest absolute Gasteiger partial charge is 0.117 e. The molecule has 12 nitrogen and oxygen atoms in total. The first-order chi connectivity index (χ1) is 19.3. The highest BCUT2D eigenvalue weighted by molar-refractivity contribution is 5.07. The third-order valence-corrected chi connectivity index (χ3v) is 7.94. The zero-order valence-corrected chi connectivity index (χ0v) is 23.5. The largest absolute Gasteiger partial charge is 0.379 e. The lowest BCUT2D eigenvalue weighted by atomic mass is 10.3. The van der Waals surface area contributed by atoms with Crippen molar-refractivity contribution in [3.63, 3.8) is 0 Å². The Morgan fingerprint density at radius 1 is 0.692 bits per heavy atom. The summed E-state index contributed by atoms with van der Waals surface area (Å²) in [7, 11) is 2.01. The molecule has 5 heterocycles. The van der Waals surface area contributed by atoms with Crippen LogP contribution in [0.2, 0.25) is 0 Å². The van der Waals surface area contributed by atoms with E-state index >= 15 is 0 Å². The first kappa shape index (κ1) is 28.6. The van der Waals surface area contributed by atoms with E-state index in [1.807, 2.05) is 24.1 Å². The number of aryl methyl sites for hydroxylation is 1. The zero-order valence-electron chi connectivity index (χ0n) is 23.5. The van der Waals surface area contributed by atoms with E-state index in [0.717, 1.165) is 72.0 Å². The lowest BCUT2D eigenvalue weighted by molar-refractivity contribution is 0.0215. The molecule has 2 aromatic rings. The van der Waals surface area contributed by atoms with Crippen LogP contribution < -0.4 is 0 Å². The van der Waals surface area contributed by atoms with Gasteiger partial charge in [0.05, 0.1) is 64.2 Å². The molecule has 3 atom stereocenters. The topological polar surface area (TPSA) is 85.5 Å². The Labute approximate surface area is 232 Å². The van der Waals surface area contributed by atoms with Crippen molar-refractivity contribution in [2.24, 2.45) is 7.05 Å². The van der Waals surface area contributed by atoms with E-state index in [4.69, 9.17) is 18.9 Å². The van der Waals surface area contributed by atoms with Gasteiger partial charge < -0.3 is 18.9 Å². The maximum atomic E-state index is 6.21. The Balaban J connectivity index is 1.29. The summed E-state index contributed by atoms with van der Waals surface area (Å²) in [4.78, 5) is 9.86. The predicted molar refractivity (Wildman–Crippen MR) is 146 cm³/mol. The second-order valence-electron chi connectivity index (χ2n) is 10.5. The molecule has 0 radical (unpaired) electrons. The Morgan fingerprint density at radius 3 is 2.05 bits per heavy atom. The summed E-state index contributed by atoms with van der Waals surface area (Å²) in [6.07, 6.45) is 3.96. The Kier molecular flexibility index (Phi) is 11.2. The first-order valence-electron chi connectivity index (χ1n) is 14.5. The lowest BCUT2D eigenvalue weighted by Crippen LogP contribution is -2.42. The van der Waals surface area contributed by atoms with E-state index in [0.29, 0.717) is 52.9 Å². The van der Waals surface area contributed by atoms with E-state index < -0.39 is 0 Å². The fourth-order valence-corrected chi connectivity index (χ4v) is 5.50. The third-order valence-electron chi connectivity index (χ3n) is 7.94. The van der Waals surface area contributed by atoms with Gasteiger partial charge in [-0.2, -0.15) is 10.2 Å². The van der Waals surface area contributed by atoms with Gasteiger partial charge in [0.1, 0.15) is 6.17 Å². The highest BCUT2D eigenvalue weighted by Gasteiger charge is 2.31. The van der Waals surface area contributed by atoms with Crippen LogP contribution in [-0.4, -0.2) is 151 Å². The summed E-state index contributed by atoms with van der Waals surface area (Å²) < 4.78 is 28.4. The van der Waals surface area contributed by atoms with Crippen molar-refractivity contribution >= 4 is 0 Å². The van der Waals surface area contributed by atoms with Crippen LogP contribution in [0.25, 0.3) is 0 Å². The molecule has 3 aliphatic rings. The number of hydrogen-bond donors (Lipinski definition) is 0. The quantitative estimate of drug-likeness (QED) is 0.485. The number of aromatic nitrogens is 4. The molecule has 0 aromatic carbocycles. The monoisotopic (exact) mass is 546 g/mol. The Bertz CT molecular complexity index is 971. The molecular weight excluding hydrogens is 500 g/mol. The van der Waals surface area contributed by atoms with Crippen molar-refractivity contribution in [2.45, 2.75) is 19.3 Å². The van der Waals surface area contributed by atoms with Crippen molar-refractivity contribution in [1.82, 2.24) is 39.2 Å². The fraction of sp³-hybridized carbons (Fsp3) is 0.778. The van der Waals surface area contributed by atoms with Crippen molar-refractivity contribution in [1.29, 1.82) is 0 Å². The van der Waals surface area contributed by atoms with Crippen LogP contribution in [0.4, 0.5) is 0 Å². The maximum Gasteiger partial charge on any atom is 0.117 e. The fourth-order valence-electron chi connectivity index (χ4n) is 5.50. The van der Waals surface area contributed by atoms with Crippen LogP contribution in [0.1, 0.15) is 17.6 Å². The summed E-state index contributed by atoms with van der Waals surface area (Å²) in [6, 6.07) is 4.23. The molecule has 3 aliphatic heterocycles. The standard InChI is InChI=1S/C27H46N8O4/c1-30-25(2-4-28-30)22-32-7-6-31-8-14-36-17-11-33(12-18-39-21-20-38-15-9-31)24-27-34(13-19-37-16-10-32)23-26-3-5-29-35(26)27/h2-5,27H,6-24H2,1H3. The Morgan fingerprint density at radius 2 is 1.33 bits per heavy atom. The SMILES string of the molecule is Cn1nccc1CN1CCOCCN2Cc3ccnn3C2CN2CCOCCOCCN(CCOCC2)CC1. The summed E-state index contributed by atoms with van der Waals surface area (Å²) >= 11 is 0. The van der Waals surface area contributed by atoms with Crippen LogP contribution in [0.5, 0.6) is 0 Å². The molecule has 2 bridgehead atoms. The van der Waals surface area contributed by atoms with Crippen LogP contribution in [-0.2, 0) is 39.1 Å². The minimum absolute atomic E-state index is 0.180. The second kappa shape index (κ2) is 15.2. The molecule has 3 unspecified atom stereocenters. The van der Waals surface area contributed by atoms with Crippen molar-refractivity contribution in [2.75, 3.05) is 112 Å². The van der Waals surface area contributed by atoms with Crippen LogP contribution in [0, 0.1) is 0 Å². The average Bonchev–Trinajstić information content (AvgIpc) is 3.63. The number of rotatable bonds is 2. The molecule has 0 N–H and O–H groups in total. The van der Waals surface area contributed by atoms with E-state index in [-0.39, 0.29) is 6.17 Å². The minimum Gasteiger partial charge on any atom is -0.379 e. The van der Waals surface area contributed by atoms with Gasteiger partial charge in [-0.15, -0.1) is 0 Å². The summed E-state index contributed by atoms with van der Waals surface area (Å²) in [5.41, 5.74) is 2.47. The Hall–Kier alpha value is -1.90. The molecule has 12 heteroatoms. The predicted octanol–water partition coefficient (Wildman–Crippen LogP) is 0.131. The molecule has 2 aromatic heterocycles. The van der Waals surface area contributed by atoms with E-state index in [2.05, 4.69) is 46.6 Å². The first-order valence-corrected chi connectivity index (χ1v) is 14.5. The van der Waals surface area contributed by atoms with Gasteiger partial charge in [0.25, 0.3) is 0 Å². The number of ether oxygens (including phenoxy) is 4. The van der Waals surface area contributed by atoms with Gasteiger partial charge in [-0.05, 0) is 12.1 Å². The van der Waals surface area contributed by atoms with Gasteiger partial charge in [0.15, 0.2) is 0 Å². The van der Waals surface area contributed by atoms with Gasteiger partial charge in [0, 0.05) is 91.4 Å². The third kappa shape index (κ3) is 8.54. The number of hydrogen-bond acceptors (Lipinski definition) is 10. The molecule has 0 amide bonds. The van der Waals surface area contributed by atoms with E-state index in [1.54, 1.807) is 0 Å². The summed E-state index contributed by atoms with van der Waals surface area (Å²) in [5, 5.41) is 9.03. The minimum atomic E-state index is 0.180. The summed E-state index contributed by atoms with van der Waals surface area (Å²) in [6.45, 7) is 15.3. The summed E-state index contributed by atoms with van der Waals surface area (Å²) in [5.74, 6) is 0. The van der Waals surface area contributed by atoms with Crippen LogP contribution in [0.3, 0.4) is 0 Å². The number of fused-ring (bicyclic) bond motifs is 9. The zero-order chi connectivity index (χ0) is 26.7. The van der Waals surface area contributed by atoms with Crippen molar-refractivity contribution < 1.29 is 18.9 Å². The van der Waals surface area contributed by atoms with Gasteiger partial charge in [-0.25, -0.2) is 4.68 Å². The van der Waals surface area contributed by atoms with E-state index in [9.17, 15) is 0 Å². The number of nitrogens with zero attached hydrogens (tertiary/aromatic N) is 8. The average molecular weight is 547 g/mol. The van der Waals surface area contributed by atoms with Gasteiger partial charge >= 0.3 is 0 Å². The molecule has 0 saturated carbocycles. The molecule has 5 rings (SSSR count). The highest BCUT2D eigenvalue weighted by Crippen LogP contribution is 2.26. The van der Waals surface area contributed by atoms with Gasteiger partial charge in [-0.1, -0.05) is 0 Å². The highest BCUT2D eigenvalue weighted by atomic mass is 16.5. The van der Waals surface area contributed by atoms with Gasteiger partial charge in [0.2, 0.25) is 0 Å². The normalized spacial score (nSPS) is 28.1.